The number of ether oxygens (including phenoxy) is 4. The van der Waals surface area contributed by atoms with Gasteiger partial charge < -0.3 is 29.6 Å². The van der Waals surface area contributed by atoms with Crippen LogP contribution >= 0.6 is 0 Å². The molecule has 33 heavy (non-hydrogen) atoms. The Morgan fingerprint density at radius 3 is 2.36 bits per heavy atom. The summed E-state index contributed by atoms with van der Waals surface area (Å²) in [5.74, 6) is 0.00247. The molecule has 2 aromatic carbocycles. The van der Waals surface area contributed by atoms with Gasteiger partial charge in [0.15, 0.2) is 11.5 Å². The predicted octanol–water partition coefficient (Wildman–Crippen LogP) is 3.25. The van der Waals surface area contributed by atoms with E-state index >= 15 is 0 Å². The second kappa shape index (κ2) is 10.5. The van der Waals surface area contributed by atoms with Gasteiger partial charge in [0.1, 0.15) is 6.61 Å². The normalized spacial score (nSPS) is 15.3. The number of esters is 2. The highest BCUT2D eigenvalue weighted by Crippen LogP contribution is 2.35. The zero-order valence-corrected chi connectivity index (χ0v) is 18.9. The summed E-state index contributed by atoms with van der Waals surface area (Å²) in [6, 6.07) is 10.9. The lowest BCUT2D eigenvalue weighted by Crippen LogP contribution is -2.45. The Bertz CT molecular complexity index is 1080. The Labute approximate surface area is 191 Å². The molecule has 0 saturated carbocycles. The number of carbonyl (C=O) groups is 3. The number of methoxy groups -OCH3 is 2. The standard InChI is InChI=1S/C24H26N2O7/c1-5-32-23(28)20-14(2)25-24(29)26-21(20)17-10-11-18(19(12-17)30-3)33-13-15-6-8-16(9-7-15)22(27)31-4/h6-12,21H,5,13H2,1-4H3,(H2,25,26,29). The fraction of sp³-hybridized carbons (Fsp3) is 0.292. The number of allylic oxidation sites excluding steroid dienone is 1. The molecule has 0 aromatic heterocycles. The maximum atomic E-state index is 12.5. The Morgan fingerprint density at radius 2 is 1.73 bits per heavy atom. The maximum Gasteiger partial charge on any atom is 0.338 e. The lowest BCUT2D eigenvalue weighted by molar-refractivity contribution is -0.139. The van der Waals surface area contributed by atoms with Gasteiger partial charge in [-0.05, 0) is 49.2 Å². The summed E-state index contributed by atoms with van der Waals surface area (Å²) in [6.07, 6.45) is 0. The molecule has 1 heterocycles. The number of benzene rings is 2. The van der Waals surface area contributed by atoms with E-state index in [0.717, 1.165) is 5.56 Å². The third-order valence-corrected chi connectivity index (χ3v) is 5.05. The highest BCUT2D eigenvalue weighted by Gasteiger charge is 2.32. The third-order valence-electron chi connectivity index (χ3n) is 5.05. The minimum Gasteiger partial charge on any atom is -0.493 e. The molecule has 174 valence electrons. The molecule has 1 unspecified atom stereocenters. The third kappa shape index (κ3) is 5.43. The van der Waals surface area contributed by atoms with Crippen molar-refractivity contribution in [1.29, 1.82) is 0 Å². The lowest BCUT2D eigenvalue weighted by atomic mass is 9.95. The second-order valence-corrected chi connectivity index (χ2v) is 7.18. The Hall–Kier alpha value is -4.01. The van der Waals surface area contributed by atoms with Crippen molar-refractivity contribution < 1.29 is 33.3 Å². The summed E-state index contributed by atoms with van der Waals surface area (Å²) in [5.41, 5.74) is 2.68. The van der Waals surface area contributed by atoms with E-state index in [1.165, 1.54) is 14.2 Å². The van der Waals surface area contributed by atoms with Gasteiger partial charge in [-0.25, -0.2) is 14.4 Å². The molecular weight excluding hydrogens is 428 g/mol. The molecule has 3 rings (SSSR count). The van der Waals surface area contributed by atoms with Crippen LogP contribution in [0, 0.1) is 0 Å². The van der Waals surface area contributed by atoms with Gasteiger partial charge in [-0.1, -0.05) is 18.2 Å². The number of amides is 2. The molecule has 1 atom stereocenters. The molecule has 0 spiro atoms. The molecule has 0 radical (unpaired) electrons. The number of rotatable bonds is 8. The fourth-order valence-electron chi connectivity index (χ4n) is 3.42. The Balaban J connectivity index is 1.81. The van der Waals surface area contributed by atoms with Crippen LogP contribution < -0.4 is 20.1 Å². The molecule has 9 nitrogen and oxygen atoms in total. The molecule has 1 aliphatic heterocycles. The number of hydrogen-bond donors (Lipinski definition) is 2. The van der Waals surface area contributed by atoms with Crippen molar-refractivity contribution in [2.45, 2.75) is 26.5 Å². The van der Waals surface area contributed by atoms with Crippen molar-refractivity contribution >= 4 is 18.0 Å². The van der Waals surface area contributed by atoms with E-state index in [2.05, 4.69) is 10.6 Å². The van der Waals surface area contributed by atoms with Gasteiger partial charge >= 0.3 is 18.0 Å². The maximum absolute atomic E-state index is 12.5. The Kier molecular flexibility index (Phi) is 7.55. The average molecular weight is 454 g/mol. The van der Waals surface area contributed by atoms with E-state index in [-0.39, 0.29) is 13.2 Å². The SMILES string of the molecule is CCOC(=O)C1=C(C)NC(=O)NC1c1ccc(OCc2ccc(C(=O)OC)cc2)c(OC)c1. The first kappa shape index (κ1) is 23.6. The summed E-state index contributed by atoms with van der Waals surface area (Å²) >= 11 is 0. The fourth-order valence-corrected chi connectivity index (χ4v) is 3.42. The second-order valence-electron chi connectivity index (χ2n) is 7.18. The van der Waals surface area contributed by atoms with Crippen LogP contribution in [0.2, 0.25) is 0 Å². The highest BCUT2D eigenvalue weighted by atomic mass is 16.5. The van der Waals surface area contributed by atoms with E-state index in [1.54, 1.807) is 56.3 Å². The zero-order valence-electron chi connectivity index (χ0n) is 18.9. The summed E-state index contributed by atoms with van der Waals surface area (Å²) in [7, 11) is 2.84. The van der Waals surface area contributed by atoms with Crippen LogP contribution in [-0.2, 0) is 20.9 Å². The summed E-state index contributed by atoms with van der Waals surface area (Å²) < 4.78 is 21.2. The van der Waals surface area contributed by atoms with Gasteiger partial charge in [-0.3, -0.25) is 0 Å². The predicted molar refractivity (Wildman–Crippen MR) is 119 cm³/mol. The van der Waals surface area contributed by atoms with Gasteiger partial charge in [0.2, 0.25) is 0 Å². The van der Waals surface area contributed by atoms with Crippen molar-refractivity contribution in [3.05, 3.63) is 70.4 Å². The van der Waals surface area contributed by atoms with Crippen molar-refractivity contribution in [2.24, 2.45) is 0 Å². The minimum absolute atomic E-state index is 0.215. The van der Waals surface area contributed by atoms with Crippen LogP contribution in [0.4, 0.5) is 4.79 Å². The molecule has 0 aliphatic carbocycles. The summed E-state index contributed by atoms with van der Waals surface area (Å²) in [5, 5.41) is 5.36. The Morgan fingerprint density at radius 1 is 1.00 bits per heavy atom. The van der Waals surface area contributed by atoms with Crippen LogP contribution in [0.5, 0.6) is 11.5 Å². The average Bonchev–Trinajstić information content (AvgIpc) is 2.82. The van der Waals surface area contributed by atoms with Gasteiger partial charge in [-0.2, -0.15) is 0 Å². The van der Waals surface area contributed by atoms with Gasteiger partial charge in [-0.15, -0.1) is 0 Å². The van der Waals surface area contributed by atoms with Gasteiger partial charge in [0.25, 0.3) is 0 Å². The van der Waals surface area contributed by atoms with Crippen LogP contribution in [-0.4, -0.2) is 38.8 Å². The molecule has 0 bridgehead atoms. The number of hydrogen-bond acceptors (Lipinski definition) is 7. The summed E-state index contributed by atoms with van der Waals surface area (Å²) in [4.78, 5) is 36.1. The first-order chi connectivity index (χ1) is 15.9. The minimum atomic E-state index is -0.702. The van der Waals surface area contributed by atoms with Crippen molar-refractivity contribution in [2.75, 3.05) is 20.8 Å². The number of carbonyl (C=O) groups excluding carboxylic acids is 3. The van der Waals surface area contributed by atoms with Crippen LogP contribution in [0.1, 0.15) is 41.4 Å². The smallest absolute Gasteiger partial charge is 0.338 e. The van der Waals surface area contributed by atoms with Gasteiger partial charge in [0, 0.05) is 5.70 Å². The molecule has 9 heteroatoms. The van der Waals surface area contributed by atoms with E-state index in [0.29, 0.717) is 33.9 Å². The van der Waals surface area contributed by atoms with E-state index in [4.69, 9.17) is 18.9 Å². The largest absolute Gasteiger partial charge is 0.493 e. The van der Waals surface area contributed by atoms with E-state index in [1.807, 2.05) is 0 Å². The quantitative estimate of drug-likeness (QED) is 0.589. The zero-order chi connectivity index (χ0) is 24.0. The number of urea groups is 1. The highest BCUT2D eigenvalue weighted by molar-refractivity contribution is 5.95. The van der Waals surface area contributed by atoms with Crippen LogP contribution in [0.25, 0.3) is 0 Å². The van der Waals surface area contributed by atoms with Crippen molar-refractivity contribution in [3.63, 3.8) is 0 Å². The number of nitrogens with one attached hydrogen (secondary N) is 2. The van der Waals surface area contributed by atoms with E-state index < -0.39 is 24.0 Å². The molecule has 1 aliphatic rings. The van der Waals surface area contributed by atoms with Crippen molar-refractivity contribution in [1.82, 2.24) is 10.6 Å². The topological polar surface area (TPSA) is 112 Å². The van der Waals surface area contributed by atoms with Crippen LogP contribution in [0.3, 0.4) is 0 Å². The molecule has 0 saturated heterocycles. The molecular formula is C24H26N2O7. The van der Waals surface area contributed by atoms with E-state index in [9.17, 15) is 14.4 Å². The molecule has 2 amide bonds. The van der Waals surface area contributed by atoms with Crippen LogP contribution in [0.15, 0.2) is 53.7 Å². The molecule has 2 N–H and O–H groups in total. The first-order valence-electron chi connectivity index (χ1n) is 10.3. The molecule has 0 fully saturated rings. The monoisotopic (exact) mass is 454 g/mol. The summed E-state index contributed by atoms with van der Waals surface area (Å²) in [6.45, 7) is 3.83. The first-order valence-corrected chi connectivity index (χ1v) is 10.3. The molecule has 2 aromatic rings. The van der Waals surface area contributed by atoms with Crippen molar-refractivity contribution in [3.8, 4) is 11.5 Å². The lowest BCUT2D eigenvalue weighted by Gasteiger charge is -2.28. The van der Waals surface area contributed by atoms with Gasteiger partial charge in [0.05, 0.1) is 38.0 Å².